The van der Waals surface area contributed by atoms with Crippen molar-refractivity contribution in [2.24, 2.45) is 0 Å². The third-order valence-corrected chi connectivity index (χ3v) is 2.57. The van der Waals surface area contributed by atoms with Gasteiger partial charge in [0.2, 0.25) is 0 Å². The first-order valence-electron chi connectivity index (χ1n) is 6.34. The van der Waals surface area contributed by atoms with Gasteiger partial charge in [0.25, 0.3) is 0 Å². The van der Waals surface area contributed by atoms with E-state index in [9.17, 15) is 28.8 Å². The van der Waals surface area contributed by atoms with Crippen LogP contribution in [0.3, 0.4) is 0 Å². The van der Waals surface area contributed by atoms with Crippen molar-refractivity contribution in [2.75, 3.05) is 0 Å². The van der Waals surface area contributed by atoms with Gasteiger partial charge in [-0.15, -0.1) is 0 Å². The Balaban J connectivity index is -0.000000192. The number of aliphatic hydroxyl groups is 2. The van der Waals surface area contributed by atoms with Gasteiger partial charge >= 0.3 is 87.2 Å². The molecule has 0 aliphatic carbocycles. The Morgan fingerprint density at radius 1 is 0.519 bits per heavy atom. The van der Waals surface area contributed by atoms with E-state index in [2.05, 4.69) is 0 Å². The SMILES string of the molecule is O=C(O)CC(O)(CC(=O)O)C(=O)O.O=C(O)CC(O)(CC(=O)O)C(=O)O.[H-].[K+]. The van der Waals surface area contributed by atoms with Crippen LogP contribution in [-0.2, 0) is 28.8 Å². The predicted molar refractivity (Wildman–Crippen MR) is 75.3 cm³/mol. The van der Waals surface area contributed by atoms with Crippen molar-refractivity contribution in [1.29, 1.82) is 0 Å². The molecule has 0 unspecified atom stereocenters. The normalized spacial score (nSPS) is 10.4. The molecule has 0 aromatic carbocycles. The summed E-state index contributed by atoms with van der Waals surface area (Å²) in [4.78, 5) is 61.0. The molecule has 0 saturated carbocycles. The van der Waals surface area contributed by atoms with Gasteiger partial charge in [-0.2, -0.15) is 0 Å². The van der Waals surface area contributed by atoms with E-state index >= 15 is 0 Å². The average molecular weight is 424 g/mol. The standard InChI is InChI=1S/2C6H8O7.K.H/c2*7-3(8)1-6(13,5(11)12)2-4(9)10;;/h2*13H,1-2H2,(H,7,8)(H,9,10)(H,11,12);;/q;;+1;-1. The molecular formula is C12H17KO14. The van der Waals surface area contributed by atoms with Gasteiger partial charge in [0.05, 0.1) is 25.7 Å². The topological polar surface area (TPSA) is 264 Å². The van der Waals surface area contributed by atoms with E-state index in [4.69, 9.17) is 40.9 Å². The van der Waals surface area contributed by atoms with Gasteiger partial charge in [-0.1, -0.05) is 0 Å². The second-order valence-corrected chi connectivity index (χ2v) is 4.96. The van der Waals surface area contributed by atoms with Gasteiger partial charge in [0, 0.05) is 0 Å². The zero-order valence-corrected chi connectivity index (χ0v) is 17.0. The van der Waals surface area contributed by atoms with E-state index < -0.39 is 72.7 Å². The number of rotatable bonds is 10. The molecule has 15 heteroatoms. The molecule has 0 atom stereocenters. The summed E-state index contributed by atoms with van der Waals surface area (Å²) in [6.07, 6.45) is -4.58. The minimum absolute atomic E-state index is 0. The summed E-state index contributed by atoms with van der Waals surface area (Å²) in [6, 6.07) is 0. The summed E-state index contributed by atoms with van der Waals surface area (Å²) in [7, 11) is 0. The summed E-state index contributed by atoms with van der Waals surface area (Å²) in [5.41, 5.74) is -5.48. The van der Waals surface area contributed by atoms with E-state index in [1.165, 1.54) is 0 Å². The number of hydrogen-bond donors (Lipinski definition) is 8. The molecule has 0 aliphatic rings. The molecular weight excluding hydrogens is 407 g/mol. The van der Waals surface area contributed by atoms with Crippen LogP contribution in [0.5, 0.6) is 0 Å². The van der Waals surface area contributed by atoms with Crippen LogP contribution in [0.15, 0.2) is 0 Å². The fraction of sp³-hybridized carbons (Fsp3) is 0.500. The molecule has 0 heterocycles. The first-order valence-corrected chi connectivity index (χ1v) is 6.34. The zero-order chi connectivity index (χ0) is 21.3. The van der Waals surface area contributed by atoms with Gasteiger partial charge in [-0.05, 0) is 0 Å². The first-order chi connectivity index (χ1) is 11.6. The maximum Gasteiger partial charge on any atom is 1.00 e. The van der Waals surface area contributed by atoms with E-state index in [1.54, 1.807) is 0 Å². The quantitative estimate of drug-likeness (QED) is 0.152. The van der Waals surface area contributed by atoms with E-state index in [0.29, 0.717) is 0 Å². The van der Waals surface area contributed by atoms with Crippen molar-refractivity contribution in [2.45, 2.75) is 36.9 Å². The number of hydrogen-bond acceptors (Lipinski definition) is 8. The van der Waals surface area contributed by atoms with Crippen LogP contribution in [-0.4, -0.2) is 87.9 Å². The summed E-state index contributed by atoms with van der Waals surface area (Å²) >= 11 is 0. The molecule has 0 bridgehead atoms. The van der Waals surface area contributed by atoms with Crippen molar-refractivity contribution in [3.63, 3.8) is 0 Å². The van der Waals surface area contributed by atoms with Crippen LogP contribution in [0.2, 0.25) is 0 Å². The van der Waals surface area contributed by atoms with Crippen LogP contribution in [0.25, 0.3) is 0 Å². The molecule has 0 aliphatic heterocycles. The fourth-order valence-electron chi connectivity index (χ4n) is 1.43. The first kappa shape index (κ1) is 30.1. The molecule has 8 N–H and O–H groups in total. The van der Waals surface area contributed by atoms with E-state index in [1.807, 2.05) is 0 Å². The Kier molecular flexibility index (Phi) is 14.2. The fourth-order valence-corrected chi connectivity index (χ4v) is 1.43. The third-order valence-electron chi connectivity index (χ3n) is 2.57. The van der Waals surface area contributed by atoms with Crippen molar-refractivity contribution in [3.05, 3.63) is 0 Å². The maximum atomic E-state index is 10.3. The van der Waals surface area contributed by atoms with E-state index in [0.717, 1.165) is 0 Å². The van der Waals surface area contributed by atoms with Crippen molar-refractivity contribution in [3.8, 4) is 0 Å². The number of aliphatic carboxylic acids is 6. The Morgan fingerprint density at radius 3 is 0.741 bits per heavy atom. The Bertz CT molecular complexity index is 519. The molecule has 0 aromatic heterocycles. The third kappa shape index (κ3) is 13.2. The Labute approximate surface area is 193 Å². The monoisotopic (exact) mass is 424 g/mol. The van der Waals surface area contributed by atoms with Gasteiger partial charge in [-0.3, -0.25) is 19.2 Å². The van der Waals surface area contributed by atoms with Crippen LogP contribution in [0, 0.1) is 0 Å². The largest absolute Gasteiger partial charge is 1.00 e. The minimum Gasteiger partial charge on any atom is -1.00 e. The van der Waals surface area contributed by atoms with Crippen LogP contribution in [0.1, 0.15) is 27.1 Å². The number of carbonyl (C=O) groups is 6. The molecule has 150 valence electrons. The predicted octanol–water partition coefficient (Wildman–Crippen LogP) is -5.38. The van der Waals surface area contributed by atoms with Gasteiger partial charge in [0.15, 0.2) is 11.2 Å². The molecule has 0 saturated heterocycles. The molecule has 0 spiro atoms. The smallest absolute Gasteiger partial charge is 1.00 e. The molecule has 0 fully saturated rings. The second kappa shape index (κ2) is 12.7. The van der Waals surface area contributed by atoms with Gasteiger partial charge in [0.1, 0.15) is 0 Å². The minimum atomic E-state index is -2.74. The molecule has 27 heavy (non-hydrogen) atoms. The van der Waals surface area contributed by atoms with Gasteiger partial charge < -0.3 is 42.3 Å². The molecule has 0 radical (unpaired) electrons. The molecule has 0 rings (SSSR count). The van der Waals surface area contributed by atoms with Crippen molar-refractivity contribution in [1.82, 2.24) is 0 Å². The maximum absolute atomic E-state index is 10.3. The Morgan fingerprint density at radius 2 is 0.667 bits per heavy atom. The number of carboxylic acids is 6. The summed E-state index contributed by atoms with van der Waals surface area (Å²) in [5, 5.41) is 67.6. The summed E-state index contributed by atoms with van der Waals surface area (Å²) in [6.45, 7) is 0. The average Bonchev–Trinajstić information content (AvgIpc) is 2.34. The number of carboxylic acid groups (broad SMARTS) is 6. The van der Waals surface area contributed by atoms with Crippen molar-refractivity contribution >= 4 is 35.8 Å². The van der Waals surface area contributed by atoms with E-state index in [-0.39, 0.29) is 52.8 Å². The Hall–Kier alpha value is -1.62. The van der Waals surface area contributed by atoms with Crippen LogP contribution < -0.4 is 51.4 Å². The van der Waals surface area contributed by atoms with Crippen molar-refractivity contribution < 1.29 is 122 Å². The molecule has 0 aromatic rings. The van der Waals surface area contributed by atoms with Crippen LogP contribution >= 0.6 is 0 Å². The molecule has 14 nitrogen and oxygen atoms in total. The van der Waals surface area contributed by atoms with Crippen LogP contribution in [0.4, 0.5) is 0 Å². The zero-order valence-electron chi connectivity index (χ0n) is 14.9. The second-order valence-electron chi connectivity index (χ2n) is 4.96. The summed E-state index contributed by atoms with van der Waals surface area (Å²) in [5.74, 6) is -10.0. The molecule has 0 amide bonds. The van der Waals surface area contributed by atoms with Gasteiger partial charge in [-0.25, -0.2) is 9.59 Å². The summed E-state index contributed by atoms with van der Waals surface area (Å²) < 4.78 is 0.